The lowest BCUT2D eigenvalue weighted by molar-refractivity contribution is 0.245. The highest BCUT2D eigenvalue weighted by Gasteiger charge is 2.11. The second-order valence-electron chi connectivity index (χ2n) is 3.77. The third-order valence-corrected chi connectivity index (χ3v) is 3.48. The molecular weight excluding hydrogens is 264 g/mol. The van der Waals surface area contributed by atoms with Gasteiger partial charge in [0.2, 0.25) is 0 Å². The van der Waals surface area contributed by atoms with Crippen LogP contribution in [0, 0.1) is 6.92 Å². The van der Waals surface area contributed by atoms with Crippen LogP contribution >= 0.6 is 11.3 Å². The van der Waals surface area contributed by atoms with E-state index in [0.717, 1.165) is 16.1 Å². The van der Waals surface area contributed by atoms with Crippen molar-refractivity contribution in [1.29, 1.82) is 0 Å². The maximum Gasteiger partial charge on any atom is 0.321 e. The van der Waals surface area contributed by atoms with Gasteiger partial charge in [0.25, 0.3) is 0 Å². The van der Waals surface area contributed by atoms with Crippen LogP contribution in [0.4, 0.5) is 9.93 Å². The molecule has 7 heteroatoms. The molecule has 19 heavy (non-hydrogen) atoms. The molecule has 0 aliphatic carbocycles. The van der Waals surface area contributed by atoms with E-state index in [2.05, 4.69) is 20.6 Å². The highest BCUT2D eigenvalue weighted by atomic mass is 32.1. The normalized spacial score (nSPS) is 10.2. The summed E-state index contributed by atoms with van der Waals surface area (Å²) in [5.41, 5.74) is 1.88. The first-order chi connectivity index (χ1) is 9.20. The molecule has 0 radical (unpaired) electrons. The highest BCUT2D eigenvalue weighted by molar-refractivity contribution is 7.19. The SMILES string of the molecule is Cc1nc(NC(=O)NCCO)sc1-c1ccncc1. The van der Waals surface area contributed by atoms with Crippen LogP contribution < -0.4 is 10.6 Å². The third kappa shape index (κ3) is 3.49. The van der Waals surface area contributed by atoms with Crippen LogP contribution in [0.15, 0.2) is 24.5 Å². The van der Waals surface area contributed by atoms with Crippen LogP contribution in [0.2, 0.25) is 0 Å². The summed E-state index contributed by atoms with van der Waals surface area (Å²) in [4.78, 5) is 20.7. The molecule has 2 aromatic heterocycles. The van der Waals surface area contributed by atoms with Crippen molar-refractivity contribution in [3.63, 3.8) is 0 Å². The quantitative estimate of drug-likeness (QED) is 0.793. The number of amides is 2. The number of hydrogen-bond acceptors (Lipinski definition) is 5. The van der Waals surface area contributed by atoms with Gasteiger partial charge in [-0.15, -0.1) is 0 Å². The standard InChI is InChI=1S/C12H14N4O2S/c1-8-10(9-2-4-13-5-3-9)19-12(15-8)16-11(18)14-6-7-17/h2-5,17H,6-7H2,1H3,(H2,14,15,16,18). The molecule has 2 rings (SSSR count). The number of thiazole rings is 1. The molecule has 0 bridgehead atoms. The molecule has 2 heterocycles. The van der Waals surface area contributed by atoms with Crippen LogP contribution in [0.3, 0.4) is 0 Å². The predicted octanol–water partition coefficient (Wildman–Crippen LogP) is 1.63. The number of aromatic nitrogens is 2. The fourth-order valence-corrected chi connectivity index (χ4v) is 2.50. The summed E-state index contributed by atoms with van der Waals surface area (Å²) in [6.45, 7) is 2.02. The molecule has 0 fully saturated rings. The van der Waals surface area contributed by atoms with Crippen molar-refractivity contribution in [3.8, 4) is 10.4 Å². The van der Waals surface area contributed by atoms with Gasteiger partial charge in [-0.3, -0.25) is 10.3 Å². The molecule has 2 amide bonds. The van der Waals surface area contributed by atoms with Gasteiger partial charge in [-0.1, -0.05) is 11.3 Å². The van der Waals surface area contributed by atoms with Gasteiger partial charge in [0, 0.05) is 18.9 Å². The molecule has 0 saturated heterocycles. The van der Waals surface area contributed by atoms with Crippen LogP contribution in [-0.4, -0.2) is 34.3 Å². The summed E-state index contributed by atoms with van der Waals surface area (Å²) in [5, 5.41) is 14.3. The fraction of sp³-hybridized carbons (Fsp3) is 0.250. The Balaban J connectivity index is 2.11. The van der Waals surface area contributed by atoms with Gasteiger partial charge in [0.05, 0.1) is 17.2 Å². The average molecular weight is 278 g/mol. The molecule has 0 atom stereocenters. The zero-order valence-corrected chi connectivity index (χ0v) is 11.2. The molecule has 3 N–H and O–H groups in total. The third-order valence-electron chi connectivity index (χ3n) is 2.36. The number of aryl methyl sites for hydroxylation is 1. The van der Waals surface area contributed by atoms with Gasteiger partial charge in [0.15, 0.2) is 5.13 Å². The number of anilines is 1. The molecule has 6 nitrogen and oxygen atoms in total. The molecule has 2 aromatic rings. The number of rotatable bonds is 4. The Morgan fingerprint density at radius 1 is 1.42 bits per heavy atom. The summed E-state index contributed by atoms with van der Waals surface area (Å²) >= 11 is 1.40. The van der Waals surface area contributed by atoms with Gasteiger partial charge in [0.1, 0.15) is 0 Å². The Bertz CT molecular complexity index is 556. The molecule has 100 valence electrons. The van der Waals surface area contributed by atoms with Crippen molar-refractivity contribution < 1.29 is 9.90 Å². The predicted molar refractivity (Wildman–Crippen MR) is 74.2 cm³/mol. The number of carbonyl (C=O) groups excluding carboxylic acids is 1. The number of hydrogen-bond donors (Lipinski definition) is 3. The summed E-state index contributed by atoms with van der Waals surface area (Å²) in [7, 11) is 0. The first-order valence-corrected chi connectivity index (χ1v) is 6.56. The molecule has 0 aliphatic heterocycles. The topological polar surface area (TPSA) is 87.1 Å². The number of nitrogens with zero attached hydrogens (tertiary/aromatic N) is 2. The summed E-state index contributed by atoms with van der Waals surface area (Å²) in [6, 6.07) is 3.43. The van der Waals surface area contributed by atoms with E-state index >= 15 is 0 Å². The minimum Gasteiger partial charge on any atom is -0.395 e. The maximum atomic E-state index is 11.5. The zero-order chi connectivity index (χ0) is 13.7. The van der Waals surface area contributed by atoms with Crippen LogP contribution in [-0.2, 0) is 0 Å². The van der Waals surface area contributed by atoms with E-state index in [1.54, 1.807) is 12.4 Å². The molecular formula is C12H14N4O2S. The molecule has 0 aromatic carbocycles. The lowest BCUT2D eigenvalue weighted by atomic mass is 10.2. The van der Waals surface area contributed by atoms with Gasteiger partial charge in [-0.25, -0.2) is 9.78 Å². The second-order valence-corrected chi connectivity index (χ2v) is 4.77. The number of nitrogens with one attached hydrogen (secondary N) is 2. The number of carbonyl (C=O) groups is 1. The van der Waals surface area contributed by atoms with Gasteiger partial charge >= 0.3 is 6.03 Å². The first-order valence-electron chi connectivity index (χ1n) is 5.74. The molecule has 0 spiro atoms. The zero-order valence-electron chi connectivity index (χ0n) is 10.4. The first kappa shape index (κ1) is 13.4. The Morgan fingerprint density at radius 3 is 2.84 bits per heavy atom. The van der Waals surface area contributed by atoms with E-state index < -0.39 is 0 Å². The summed E-state index contributed by atoms with van der Waals surface area (Å²) < 4.78 is 0. The van der Waals surface area contributed by atoms with E-state index in [9.17, 15) is 4.79 Å². The van der Waals surface area contributed by atoms with Crippen molar-refractivity contribution in [1.82, 2.24) is 15.3 Å². The fourth-order valence-electron chi connectivity index (χ4n) is 1.53. The average Bonchev–Trinajstić information content (AvgIpc) is 2.78. The van der Waals surface area contributed by atoms with E-state index in [-0.39, 0.29) is 19.2 Å². The van der Waals surface area contributed by atoms with Crippen molar-refractivity contribution in [2.45, 2.75) is 6.92 Å². The Kier molecular flexibility index (Phi) is 4.43. The van der Waals surface area contributed by atoms with E-state index in [1.807, 2.05) is 19.1 Å². The smallest absolute Gasteiger partial charge is 0.321 e. The van der Waals surface area contributed by atoms with Crippen molar-refractivity contribution in [2.24, 2.45) is 0 Å². The van der Waals surface area contributed by atoms with E-state index in [1.165, 1.54) is 11.3 Å². The van der Waals surface area contributed by atoms with Crippen LogP contribution in [0.25, 0.3) is 10.4 Å². The van der Waals surface area contributed by atoms with E-state index in [0.29, 0.717) is 5.13 Å². The van der Waals surface area contributed by atoms with Crippen LogP contribution in [0.1, 0.15) is 5.69 Å². The molecule has 0 aliphatic rings. The summed E-state index contributed by atoms with van der Waals surface area (Å²) in [6.07, 6.45) is 3.44. The number of aliphatic hydroxyl groups excluding tert-OH is 1. The minimum absolute atomic E-state index is 0.0907. The monoisotopic (exact) mass is 278 g/mol. The Hall–Kier alpha value is -1.99. The number of pyridine rings is 1. The lowest BCUT2D eigenvalue weighted by Gasteiger charge is -2.02. The van der Waals surface area contributed by atoms with Crippen molar-refractivity contribution in [3.05, 3.63) is 30.2 Å². The Morgan fingerprint density at radius 2 is 2.16 bits per heavy atom. The second kappa shape index (κ2) is 6.26. The van der Waals surface area contributed by atoms with E-state index in [4.69, 9.17) is 5.11 Å². The van der Waals surface area contributed by atoms with Crippen molar-refractivity contribution >= 4 is 22.5 Å². The van der Waals surface area contributed by atoms with Gasteiger partial charge in [-0.2, -0.15) is 0 Å². The number of urea groups is 1. The molecule has 0 unspecified atom stereocenters. The Labute approximate surface area is 114 Å². The van der Waals surface area contributed by atoms with Crippen LogP contribution in [0.5, 0.6) is 0 Å². The lowest BCUT2D eigenvalue weighted by Crippen LogP contribution is -2.30. The largest absolute Gasteiger partial charge is 0.395 e. The van der Waals surface area contributed by atoms with Gasteiger partial charge in [-0.05, 0) is 24.6 Å². The maximum absolute atomic E-state index is 11.5. The number of aliphatic hydroxyl groups is 1. The van der Waals surface area contributed by atoms with Gasteiger partial charge < -0.3 is 10.4 Å². The highest BCUT2D eigenvalue weighted by Crippen LogP contribution is 2.32. The summed E-state index contributed by atoms with van der Waals surface area (Å²) in [5.74, 6) is 0. The van der Waals surface area contributed by atoms with Crippen molar-refractivity contribution in [2.75, 3.05) is 18.5 Å². The minimum atomic E-state index is -0.371. The molecule has 0 saturated carbocycles.